The molecule has 3 N–H and O–H groups in total. The van der Waals surface area contributed by atoms with Gasteiger partial charge in [-0.05, 0) is 48.4 Å². The number of aryl methyl sites for hydroxylation is 1. The highest BCUT2D eigenvalue weighted by Crippen LogP contribution is 2.32. The minimum atomic E-state index is -3.69. The van der Waals surface area contributed by atoms with E-state index in [1.165, 1.54) is 32.1 Å². The summed E-state index contributed by atoms with van der Waals surface area (Å²) in [6.45, 7) is 3.49. The van der Waals surface area contributed by atoms with Crippen LogP contribution in [0.5, 0.6) is 0 Å². The van der Waals surface area contributed by atoms with Crippen LogP contribution in [0.2, 0.25) is 0 Å². The van der Waals surface area contributed by atoms with Gasteiger partial charge in [0.05, 0.1) is 23.0 Å². The number of fused-ring (bicyclic) bond motifs is 1. The van der Waals surface area contributed by atoms with Gasteiger partial charge in [-0.2, -0.15) is 4.31 Å². The van der Waals surface area contributed by atoms with Crippen molar-refractivity contribution in [2.45, 2.75) is 37.6 Å². The van der Waals surface area contributed by atoms with Crippen molar-refractivity contribution >= 4 is 33.3 Å². The number of urea groups is 1. The third-order valence-electron chi connectivity index (χ3n) is 5.84. The van der Waals surface area contributed by atoms with Gasteiger partial charge in [-0.25, -0.2) is 18.6 Å². The smallest absolute Gasteiger partial charge is 0.333 e. The molecule has 178 valence electrons. The van der Waals surface area contributed by atoms with Gasteiger partial charge in [0.2, 0.25) is 10.0 Å². The average molecular weight is 493 g/mol. The van der Waals surface area contributed by atoms with E-state index in [0.717, 1.165) is 19.3 Å². The zero-order valence-electron chi connectivity index (χ0n) is 18.4. The lowest BCUT2D eigenvalue weighted by Crippen LogP contribution is -2.46. The number of rotatable bonds is 5. The lowest BCUT2D eigenvalue weighted by Gasteiger charge is -2.27. The fourth-order valence-corrected chi connectivity index (χ4v) is 6.77. The number of benzene rings is 1. The molecular weight excluding hydrogens is 464 g/mol. The fourth-order valence-electron chi connectivity index (χ4n) is 4.04. The summed E-state index contributed by atoms with van der Waals surface area (Å²) in [6, 6.07) is 7.83. The first kappa shape index (κ1) is 23.7. The van der Waals surface area contributed by atoms with Crippen LogP contribution in [-0.2, 0) is 34.1 Å². The Hall–Kier alpha value is -2.47. The number of morpholine rings is 1. The van der Waals surface area contributed by atoms with Gasteiger partial charge in [0.25, 0.3) is 5.91 Å². The number of nitrogens with zero attached hydrogens (tertiary/aromatic N) is 1. The molecule has 1 aliphatic heterocycles. The lowest BCUT2D eigenvalue weighted by molar-refractivity contribution is 0.0730. The topological polar surface area (TPSA) is 117 Å². The van der Waals surface area contributed by atoms with Gasteiger partial charge in [-0.3, -0.25) is 10.2 Å². The first-order chi connectivity index (χ1) is 15.8. The van der Waals surface area contributed by atoms with E-state index in [1.807, 2.05) is 6.07 Å². The average Bonchev–Trinajstić information content (AvgIpc) is 3.25. The monoisotopic (exact) mass is 492 g/mol. The third kappa shape index (κ3) is 5.55. The van der Waals surface area contributed by atoms with E-state index >= 15 is 0 Å². The van der Waals surface area contributed by atoms with E-state index in [4.69, 9.17) is 4.74 Å². The van der Waals surface area contributed by atoms with E-state index in [2.05, 4.69) is 23.1 Å². The zero-order chi connectivity index (χ0) is 23.4. The lowest BCUT2D eigenvalue weighted by atomic mass is 9.90. The minimum absolute atomic E-state index is 0.00731. The first-order valence-electron chi connectivity index (χ1n) is 11.0. The van der Waals surface area contributed by atoms with Crippen LogP contribution >= 0.6 is 11.3 Å². The Balaban J connectivity index is 1.33. The number of ether oxygens (including phenoxy) is 1. The second-order valence-corrected chi connectivity index (χ2v) is 11.3. The van der Waals surface area contributed by atoms with E-state index < -0.39 is 16.1 Å². The Morgan fingerprint density at radius 3 is 2.73 bits per heavy atom. The molecule has 0 radical (unpaired) electrons. The van der Waals surface area contributed by atoms with Crippen molar-refractivity contribution in [3.63, 3.8) is 0 Å². The predicted octanol–water partition coefficient (Wildman–Crippen LogP) is 2.04. The number of carbonyl (C=O) groups excluding carboxylic acids is 2. The Bertz CT molecular complexity index is 1130. The Labute approximate surface area is 197 Å². The summed E-state index contributed by atoms with van der Waals surface area (Å²) in [5.74, 6) is 0.245. The summed E-state index contributed by atoms with van der Waals surface area (Å²) < 4.78 is 32.7. The number of thiophene rings is 1. The van der Waals surface area contributed by atoms with Crippen LogP contribution in [0.25, 0.3) is 0 Å². The van der Waals surface area contributed by atoms with Crippen molar-refractivity contribution in [3.8, 4) is 0 Å². The highest BCUT2D eigenvalue weighted by atomic mass is 32.2. The molecule has 1 aromatic heterocycles. The second-order valence-electron chi connectivity index (χ2n) is 8.29. The van der Waals surface area contributed by atoms with Gasteiger partial charge in [0.1, 0.15) is 0 Å². The van der Waals surface area contributed by atoms with E-state index in [-0.39, 0.29) is 17.3 Å². The van der Waals surface area contributed by atoms with Crippen LogP contribution in [0.15, 0.2) is 35.2 Å². The molecule has 3 amide bonds. The highest BCUT2D eigenvalue weighted by molar-refractivity contribution is 7.89. The number of nitrogens with one attached hydrogen (secondary N) is 3. The molecule has 4 rings (SSSR count). The minimum Gasteiger partial charge on any atom is -0.379 e. The molecule has 1 saturated heterocycles. The zero-order valence-corrected chi connectivity index (χ0v) is 20.1. The Morgan fingerprint density at radius 2 is 1.94 bits per heavy atom. The van der Waals surface area contributed by atoms with Crippen molar-refractivity contribution in [2.24, 2.45) is 5.92 Å². The maximum atomic E-state index is 13.0. The van der Waals surface area contributed by atoms with Gasteiger partial charge in [-0.1, -0.05) is 25.1 Å². The molecule has 1 atom stereocenters. The molecule has 1 aliphatic carbocycles. The van der Waals surface area contributed by atoms with Crippen molar-refractivity contribution in [1.29, 1.82) is 0 Å². The van der Waals surface area contributed by atoms with Crippen molar-refractivity contribution in [2.75, 3.05) is 26.3 Å². The third-order valence-corrected chi connectivity index (χ3v) is 9.08. The SMILES string of the molecule is CC1CCc2sc(C(=O)NNC(=O)NCc3ccccc3S(=O)(=O)N3CCOCC3)cc2C1. The van der Waals surface area contributed by atoms with Crippen molar-refractivity contribution in [1.82, 2.24) is 20.5 Å². The summed E-state index contributed by atoms with van der Waals surface area (Å²) in [4.78, 5) is 26.6. The van der Waals surface area contributed by atoms with Crippen molar-refractivity contribution < 1.29 is 22.7 Å². The molecule has 1 unspecified atom stereocenters. The molecule has 2 heterocycles. The molecule has 0 spiro atoms. The maximum absolute atomic E-state index is 13.0. The number of amides is 3. The van der Waals surface area contributed by atoms with E-state index in [0.29, 0.717) is 42.7 Å². The summed E-state index contributed by atoms with van der Waals surface area (Å²) in [5.41, 5.74) is 6.44. The molecule has 9 nitrogen and oxygen atoms in total. The van der Waals surface area contributed by atoms with Crippen LogP contribution < -0.4 is 16.2 Å². The number of hydrogen-bond acceptors (Lipinski definition) is 6. The number of sulfonamides is 1. The molecule has 33 heavy (non-hydrogen) atoms. The molecule has 1 aromatic carbocycles. The summed E-state index contributed by atoms with van der Waals surface area (Å²) >= 11 is 1.46. The molecule has 2 aromatic rings. The molecule has 11 heteroatoms. The van der Waals surface area contributed by atoms with E-state index in [9.17, 15) is 18.0 Å². The number of hydrogen-bond donors (Lipinski definition) is 3. The summed E-state index contributed by atoms with van der Waals surface area (Å²) in [5, 5.41) is 2.61. The predicted molar refractivity (Wildman–Crippen MR) is 124 cm³/mol. The Morgan fingerprint density at radius 1 is 1.18 bits per heavy atom. The first-order valence-corrected chi connectivity index (χ1v) is 13.2. The molecule has 0 saturated carbocycles. The molecule has 1 fully saturated rings. The largest absolute Gasteiger partial charge is 0.379 e. The van der Waals surface area contributed by atoms with Crippen molar-refractivity contribution in [3.05, 3.63) is 51.2 Å². The van der Waals surface area contributed by atoms with E-state index in [1.54, 1.807) is 18.2 Å². The maximum Gasteiger partial charge on any atom is 0.333 e. The highest BCUT2D eigenvalue weighted by Gasteiger charge is 2.28. The van der Waals surface area contributed by atoms with Gasteiger partial charge in [0, 0.05) is 24.5 Å². The van der Waals surface area contributed by atoms with Gasteiger partial charge >= 0.3 is 6.03 Å². The Kier molecular flexibility index (Phi) is 7.32. The number of hydrazine groups is 1. The van der Waals surface area contributed by atoms with Gasteiger partial charge in [0.15, 0.2) is 0 Å². The fraction of sp³-hybridized carbons (Fsp3) is 0.455. The quantitative estimate of drug-likeness (QED) is 0.553. The van der Waals surface area contributed by atoms with Crippen LogP contribution in [-0.4, -0.2) is 51.0 Å². The van der Waals surface area contributed by atoms with Crippen LogP contribution in [0, 0.1) is 5.92 Å². The summed E-state index contributed by atoms with van der Waals surface area (Å²) in [7, 11) is -3.69. The molecular formula is C22H28N4O5S2. The van der Waals surface area contributed by atoms with Crippen LogP contribution in [0.4, 0.5) is 4.79 Å². The second kappa shape index (κ2) is 10.2. The normalized spacial score (nSPS) is 18.9. The van der Waals surface area contributed by atoms with Gasteiger partial charge in [-0.15, -0.1) is 11.3 Å². The molecule has 2 aliphatic rings. The molecule has 0 bridgehead atoms. The van der Waals surface area contributed by atoms with Crippen LogP contribution in [0.1, 0.15) is 39.0 Å². The van der Waals surface area contributed by atoms with Gasteiger partial charge < -0.3 is 10.1 Å². The van der Waals surface area contributed by atoms with Crippen LogP contribution in [0.3, 0.4) is 0 Å². The number of carbonyl (C=O) groups is 2. The standard InChI is InChI=1S/C22H28N4O5S2/c1-15-6-7-18-17(12-15)13-19(32-18)21(27)24-25-22(28)23-14-16-4-2-3-5-20(16)33(29,30)26-8-10-31-11-9-26/h2-5,13,15H,6-12,14H2,1H3,(H,24,27)(H2,23,25,28). The summed E-state index contributed by atoms with van der Waals surface area (Å²) in [6.07, 6.45) is 3.08.